The Morgan fingerprint density at radius 3 is 2.60 bits per heavy atom. The Hall–Kier alpha value is -0.480. The van der Waals surface area contributed by atoms with Crippen LogP contribution in [0.25, 0.3) is 0 Å². The predicted octanol–water partition coefficient (Wildman–Crippen LogP) is 3.74. The van der Waals surface area contributed by atoms with Gasteiger partial charge in [0.05, 0.1) is 5.88 Å². The van der Waals surface area contributed by atoms with Crippen LogP contribution >= 0.6 is 27.5 Å². The van der Waals surface area contributed by atoms with Gasteiger partial charge < -0.3 is 0 Å². The summed E-state index contributed by atoms with van der Waals surface area (Å²) in [6.07, 6.45) is -2.34. The van der Waals surface area contributed by atoms with Gasteiger partial charge in [0, 0.05) is 16.5 Å². The van der Waals surface area contributed by atoms with Crippen LogP contribution in [-0.2, 0) is 11.2 Å². The van der Waals surface area contributed by atoms with Crippen LogP contribution in [0, 0.1) is 0 Å². The number of alkyl halides is 3. The summed E-state index contributed by atoms with van der Waals surface area (Å²) in [4.78, 5) is 11.0. The molecule has 0 amide bonds. The fourth-order valence-electron chi connectivity index (χ4n) is 1.13. The molecule has 0 aromatic heterocycles. The van der Waals surface area contributed by atoms with Gasteiger partial charge in [-0.2, -0.15) is 0 Å². The lowest BCUT2D eigenvalue weighted by molar-refractivity contribution is -0.116. The Morgan fingerprint density at radius 2 is 2.13 bits per heavy atom. The van der Waals surface area contributed by atoms with Crippen LogP contribution in [0.5, 0.6) is 0 Å². The molecule has 0 bridgehead atoms. The average molecular weight is 298 g/mol. The van der Waals surface area contributed by atoms with Crippen molar-refractivity contribution in [1.29, 1.82) is 0 Å². The van der Waals surface area contributed by atoms with Gasteiger partial charge in [-0.1, -0.05) is 28.1 Å². The number of halogens is 4. The molecule has 82 valence electrons. The Labute approximate surface area is 99.6 Å². The summed E-state index contributed by atoms with van der Waals surface area (Å²) in [5, 5.41) is 0. The lowest BCUT2D eigenvalue weighted by atomic mass is 10.1. The van der Waals surface area contributed by atoms with E-state index >= 15 is 0 Å². The number of ketones is 1. The SMILES string of the molecule is O=C(CCl)Cc1ccc(C(F)F)c(Br)c1. The van der Waals surface area contributed by atoms with Crippen molar-refractivity contribution in [2.75, 3.05) is 5.88 Å². The quantitative estimate of drug-likeness (QED) is 0.774. The number of carbonyl (C=O) groups is 1. The van der Waals surface area contributed by atoms with Crippen LogP contribution in [0.15, 0.2) is 22.7 Å². The van der Waals surface area contributed by atoms with Crippen LogP contribution in [0.1, 0.15) is 17.6 Å². The van der Waals surface area contributed by atoms with Gasteiger partial charge in [-0.05, 0) is 11.6 Å². The highest BCUT2D eigenvalue weighted by atomic mass is 79.9. The first kappa shape index (κ1) is 12.6. The zero-order valence-corrected chi connectivity index (χ0v) is 9.99. The number of benzene rings is 1. The number of Topliss-reactive ketones (excluding diaryl/α,β-unsaturated/α-hetero) is 1. The second-order valence-electron chi connectivity index (χ2n) is 3.01. The highest BCUT2D eigenvalue weighted by Crippen LogP contribution is 2.28. The highest BCUT2D eigenvalue weighted by molar-refractivity contribution is 9.10. The summed E-state index contributed by atoms with van der Waals surface area (Å²) >= 11 is 8.38. The molecule has 0 atom stereocenters. The molecule has 1 aromatic rings. The minimum Gasteiger partial charge on any atom is -0.298 e. The number of rotatable bonds is 4. The summed E-state index contributed by atoms with van der Waals surface area (Å²) in [7, 11) is 0. The van der Waals surface area contributed by atoms with E-state index in [1.807, 2.05) is 0 Å². The Morgan fingerprint density at radius 1 is 1.47 bits per heavy atom. The van der Waals surface area contributed by atoms with Crippen molar-refractivity contribution in [3.05, 3.63) is 33.8 Å². The number of hydrogen-bond acceptors (Lipinski definition) is 1. The van der Waals surface area contributed by atoms with E-state index < -0.39 is 6.43 Å². The van der Waals surface area contributed by atoms with Crippen LogP contribution < -0.4 is 0 Å². The summed E-state index contributed by atoms with van der Waals surface area (Å²) in [6.45, 7) is 0. The summed E-state index contributed by atoms with van der Waals surface area (Å²) < 4.78 is 25.1. The maximum absolute atomic E-state index is 12.4. The van der Waals surface area contributed by atoms with Crippen LogP contribution in [0.3, 0.4) is 0 Å². The molecule has 1 nitrogen and oxygen atoms in total. The minimum absolute atomic E-state index is 0.0613. The van der Waals surface area contributed by atoms with Crippen LogP contribution in [-0.4, -0.2) is 11.7 Å². The van der Waals surface area contributed by atoms with E-state index in [-0.39, 0.29) is 23.6 Å². The van der Waals surface area contributed by atoms with Crippen LogP contribution in [0.4, 0.5) is 8.78 Å². The molecular formula is C10H8BrClF2O. The standard InChI is InChI=1S/C10H8BrClF2O/c11-9-4-6(3-7(15)5-12)1-2-8(9)10(13)14/h1-2,4,10H,3,5H2. The number of carbonyl (C=O) groups excluding carboxylic acids is 1. The Kier molecular flexibility index (Phi) is 4.67. The normalized spacial score (nSPS) is 10.7. The van der Waals surface area contributed by atoms with Crippen molar-refractivity contribution >= 4 is 33.3 Å². The minimum atomic E-state index is -2.52. The van der Waals surface area contributed by atoms with Crippen molar-refractivity contribution in [2.24, 2.45) is 0 Å². The summed E-state index contributed by atoms with van der Waals surface area (Å²) in [5.41, 5.74) is 0.606. The van der Waals surface area contributed by atoms with E-state index in [1.165, 1.54) is 18.2 Å². The third-order valence-corrected chi connectivity index (χ3v) is 2.84. The molecule has 0 aliphatic rings. The lowest BCUT2D eigenvalue weighted by Gasteiger charge is -2.05. The third kappa shape index (κ3) is 3.54. The Balaban J connectivity index is 2.87. The second kappa shape index (κ2) is 5.56. The molecule has 0 saturated heterocycles. The first-order valence-corrected chi connectivity index (χ1v) is 5.51. The van der Waals surface area contributed by atoms with Gasteiger partial charge in [-0.3, -0.25) is 4.79 Å². The fourth-order valence-corrected chi connectivity index (χ4v) is 1.83. The van der Waals surface area contributed by atoms with E-state index in [4.69, 9.17) is 11.6 Å². The molecule has 0 spiro atoms. The van der Waals surface area contributed by atoms with Gasteiger partial charge in [-0.25, -0.2) is 8.78 Å². The molecule has 0 radical (unpaired) electrons. The van der Waals surface area contributed by atoms with Crippen molar-refractivity contribution < 1.29 is 13.6 Å². The van der Waals surface area contributed by atoms with Gasteiger partial charge in [-0.15, -0.1) is 11.6 Å². The van der Waals surface area contributed by atoms with E-state index in [9.17, 15) is 13.6 Å². The van der Waals surface area contributed by atoms with Gasteiger partial charge >= 0.3 is 0 Å². The van der Waals surface area contributed by atoms with Gasteiger partial charge in [0.1, 0.15) is 0 Å². The van der Waals surface area contributed by atoms with Gasteiger partial charge in [0.2, 0.25) is 0 Å². The van der Waals surface area contributed by atoms with E-state index in [2.05, 4.69) is 15.9 Å². The Bertz CT molecular complexity index is 368. The highest BCUT2D eigenvalue weighted by Gasteiger charge is 2.12. The third-order valence-electron chi connectivity index (χ3n) is 1.85. The first-order chi connectivity index (χ1) is 7.04. The summed E-state index contributed by atoms with van der Waals surface area (Å²) in [5.74, 6) is -0.192. The molecule has 0 fully saturated rings. The predicted molar refractivity (Wildman–Crippen MR) is 58.5 cm³/mol. The lowest BCUT2D eigenvalue weighted by Crippen LogP contribution is -2.04. The molecule has 15 heavy (non-hydrogen) atoms. The van der Waals surface area contributed by atoms with Gasteiger partial charge in [0.25, 0.3) is 6.43 Å². The van der Waals surface area contributed by atoms with E-state index in [0.29, 0.717) is 10.0 Å². The fraction of sp³-hybridized carbons (Fsp3) is 0.300. The maximum Gasteiger partial charge on any atom is 0.264 e. The molecule has 0 N–H and O–H groups in total. The largest absolute Gasteiger partial charge is 0.298 e. The van der Waals surface area contributed by atoms with Crippen molar-refractivity contribution in [3.8, 4) is 0 Å². The molecule has 0 unspecified atom stereocenters. The topological polar surface area (TPSA) is 17.1 Å². The molecule has 0 heterocycles. The number of hydrogen-bond donors (Lipinski definition) is 0. The first-order valence-electron chi connectivity index (χ1n) is 4.18. The molecule has 0 aliphatic carbocycles. The second-order valence-corrected chi connectivity index (χ2v) is 4.13. The summed E-state index contributed by atoms with van der Waals surface area (Å²) in [6, 6.07) is 4.34. The monoisotopic (exact) mass is 296 g/mol. The molecule has 0 aliphatic heterocycles. The smallest absolute Gasteiger partial charge is 0.264 e. The van der Waals surface area contributed by atoms with Crippen molar-refractivity contribution in [2.45, 2.75) is 12.8 Å². The molecule has 0 saturated carbocycles. The van der Waals surface area contributed by atoms with Gasteiger partial charge in [0.15, 0.2) is 5.78 Å². The molecule has 1 aromatic carbocycles. The zero-order chi connectivity index (χ0) is 11.4. The van der Waals surface area contributed by atoms with Crippen molar-refractivity contribution in [1.82, 2.24) is 0 Å². The molecule has 1 rings (SSSR count). The molecule has 5 heteroatoms. The zero-order valence-electron chi connectivity index (χ0n) is 7.64. The van der Waals surface area contributed by atoms with E-state index in [1.54, 1.807) is 0 Å². The average Bonchev–Trinajstić information content (AvgIpc) is 2.17. The molecular weight excluding hydrogens is 289 g/mol. The van der Waals surface area contributed by atoms with E-state index in [0.717, 1.165) is 0 Å². The van der Waals surface area contributed by atoms with Crippen LogP contribution in [0.2, 0.25) is 0 Å². The maximum atomic E-state index is 12.4. The van der Waals surface area contributed by atoms with Crippen molar-refractivity contribution in [3.63, 3.8) is 0 Å².